The smallest absolute Gasteiger partial charge is 0.409 e. The molecule has 19 heavy (non-hydrogen) atoms. The molecule has 4 heteroatoms. The molecule has 1 amide bonds. The number of carbonyl (C=O) groups is 1. The number of rotatable bonds is 3. The molecule has 2 aromatic rings. The Balaban J connectivity index is 1.92. The minimum atomic E-state index is -0.549. The molecule has 0 unspecified atom stereocenters. The SMILES string of the molecule is Cc1cccc(NNC(=O)Oc2ccccc2)c1C. The Kier molecular flexibility index (Phi) is 4.03. The third-order valence-electron chi connectivity index (χ3n) is 2.86. The van der Waals surface area contributed by atoms with E-state index in [-0.39, 0.29) is 0 Å². The van der Waals surface area contributed by atoms with Gasteiger partial charge in [-0.15, -0.1) is 0 Å². The lowest BCUT2D eigenvalue weighted by Gasteiger charge is -2.12. The van der Waals surface area contributed by atoms with E-state index in [0.717, 1.165) is 16.8 Å². The summed E-state index contributed by atoms with van der Waals surface area (Å²) < 4.78 is 5.09. The standard InChI is InChI=1S/C15H16N2O2/c1-11-7-6-10-14(12(11)2)16-17-15(18)19-13-8-4-3-5-9-13/h3-10,16H,1-2H3,(H,17,18). The molecule has 2 N–H and O–H groups in total. The van der Waals surface area contributed by atoms with Crippen LogP contribution in [0.25, 0.3) is 0 Å². The van der Waals surface area contributed by atoms with E-state index in [2.05, 4.69) is 10.9 Å². The largest absolute Gasteiger partial charge is 0.431 e. The third kappa shape index (κ3) is 3.48. The summed E-state index contributed by atoms with van der Waals surface area (Å²) in [5, 5.41) is 0. The van der Waals surface area contributed by atoms with Crippen LogP contribution < -0.4 is 15.6 Å². The summed E-state index contributed by atoms with van der Waals surface area (Å²) in [6.07, 6.45) is -0.549. The molecule has 2 aromatic carbocycles. The van der Waals surface area contributed by atoms with Crippen LogP contribution >= 0.6 is 0 Å². The van der Waals surface area contributed by atoms with Gasteiger partial charge in [0.2, 0.25) is 0 Å². The van der Waals surface area contributed by atoms with Crippen LogP contribution in [0, 0.1) is 13.8 Å². The summed E-state index contributed by atoms with van der Waals surface area (Å²) in [4.78, 5) is 11.6. The molecule has 0 aliphatic heterocycles. The van der Waals surface area contributed by atoms with Crippen LogP contribution in [0.1, 0.15) is 11.1 Å². The van der Waals surface area contributed by atoms with E-state index in [1.165, 1.54) is 0 Å². The van der Waals surface area contributed by atoms with Gasteiger partial charge in [-0.25, -0.2) is 10.2 Å². The van der Waals surface area contributed by atoms with E-state index < -0.39 is 6.09 Å². The van der Waals surface area contributed by atoms with Crippen molar-refractivity contribution in [2.45, 2.75) is 13.8 Å². The lowest BCUT2D eigenvalue weighted by molar-refractivity contribution is 0.203. The first-order valence-electron chi connectivity index (χ1n) is 6.02. The van der Waals surface area contributed by atoms with Gasteiger partial charge in [-0.2, -0.15) is 0 Å². The Morgan fingerprint density at radius 3 is 2.47 bits per heavy atom. The number of amides is 1. The molecule has 0 heterocycles. The fourth-order valence-corrected chi connectivity index (χ4v) is 1.63. The normalized spacial score (nSPS) is 9.79. The van der Waals surface area contributed by atoms with Crippen LogP contribution in [0.15, 0.2) is 48.5 Å². The van der Waals surface area contributed by atoms with Crippen molar-refractivity contribution in [3.05, 3.63) is 59.7 Å². The average Bonchev–Trinajstić information content (AvgIpc) is 2.42. The number of hydrogen-bond donors (Lipinski definition) is 2. The zero-order chi connectivity index (χ0) is 13.7. The Morgan fingerprint density at radius 1 is 1.00 bits per heavy atom. The second kappa shape index (κ2) is 5.91. The minimum absolute atomic E-state index is 0.503. The van der Waals surface area contributed by atoms with E-state index in [0.29, 0.717) is 5.75 Å². The number of nitrogens with one attached hydrogen (secondary N) is 2. The quantitative estimate of drug-likeness (QED) is 0.827. The van der Waals surface area contributed by atoms with Crippen LogP contribution in [-0.4, -0.2) is 6.09 Å². The predicted octanol–water partition coefficient (Wildman–Crippen LogP) is 3.42. The summed E-state index contributed by atoms with van der Waals surface area (Å²) >= 11 is 0. The number of anilines is 1. The number of para-hydroxylation sites is 1. The highest BCUT2D eigenvalue weighted by Gasteiger charge is 2.05. The molecule has 0 aromatic heterocycles. The molecule has 0 fully saturated rings. The Morgan fingerprint density at radius 2 is 1.74 bits per heavy atom. The fraction of sp³-hybridized carbons (Fsp3) is 0.133. The molecule has 4 nitrogen and oxygen atoms in total. The van der Waals surface area contributed by atoms with Gasteiger partial charge in [0, 0.05) is 0 Å². The van der Waals surface area contributed by atoms with Gasteiger partial charge < -0.3 is 4.74 Å². The number of ether oxygens (including phenoxy) is 1. The van der Waals surface area contributed by atoms with E-state index in [1.54, 1.807) is 24.3 Å². The third-order valence-corrected chi connectivity index (χ3v) is 2.86. The minimum Gasteiger partial charge on any atom is -0.409 e. The van der Waals surface area contributed by atoms with Crippen LogP contribution in [-0.2, 0) is 0 Å². The monoisotopic (exact) mass is 256 g/mol. The van der Waals surface area contributed by atoms with Crippen molar-refractivity contribution in [1.29, 1.82) is 0 Å². The first kappa shape index (κ1) is 13.0. The molecule has 0 aliphatic carbocycles. The first-order chi connectivity index (χ1) is 9.16. The van der Waals surface area contributed by atoms with Crippen molar-refractivity contribution in [1.82, 2.24) is 5.43 Å². The maximum Gasteiger partial charge on any atom is 0.431 e. The van der Waals surface area contributed by atoms with Gasteiger partial charge in [-0.05, 0) is 43.2 Å². The van der Waals surface area contributed by atoms with Crippen molar-refractivity contribution in [3.63, 3.8) is 0 Å². The summed E-state index contributed by atoms with van der Waals surface area (Å²) in [7, 11) is 0. The zero-order valence-electron chi connectivity index (χ0n) is 10.9. The number of hydrazine groups is 1. The maximum absolute atomic E-state index is 11.6. The molecule has 0 radical (unpaired) electrons. The molecule has 0 saturated heterocycles. The molecular formula is C15H16N2O2. The van der Waals surface area contributed by atoms with Crippen molar-refractivity contribution in [3.8, 4) is 5.75 Å². The molecule has 0 bridgehead atoms. The topological polar surface area (TPSA) is 50.4 Å². The highest BCUT2D eigenvalue weighted by Crippen LogP contribution is 2.17. The highest BCUT2D eigenvalue weighted by molar-refractivity contribution is 5.72. The first-order valence-corrected chi connectivity index (χ1v) is 6.02. The lowest BCUT2D eigenvalue weighted by Crippen LogP contribution is -2.32. The van der Waals surface area contributed by atoms with Crippen molar-refractivity contribution in [2.75, 3.05) is 5.43 Å². The molecule has 2 rings (SSSR count). The highest BCUT2D eigenvalue weighted by atomic mass is 16.6. The average molecular weight is 256 g/mol. The van der Waals surface area contributed by atoms with Gasteiger partial charge in [-0.1, -0.05) is 30.3 Å². The molecule has 0 aliphatic rings. The van der Waals surface area contributed by atoms with E-state index in [9.17, 15) is 4.79 Å². The summed E-state index contributed by atoms with van der Waals surface area (Å²) in [5.74, 6) is 0.503. The molecule has 0 saturated carbocycles. The van der Waals surface area contributed by atoms with Crippen LogP contribution in [0.4, 0.5) is 10.5 Å². The van der Waals surface area contributed by atoms with Gasteiger partial charge in [0.15, 0.2) is 0 Å². The van der Waals surface area contributed by atoms with E-state index in [1.807, 2.05) is 38.1 Å². The van der Waals surface area contributed by atoms with E-state index >= 15 is 0 Å². The van der Waals surface area contributed by atoms with Crippen molar-refractivity contribution < 1.29 is 9.53 Å². The van der Waals surface area contributed by atoms with Crippen LogP contribution in [0.3, 0.4) is 0 Å². The van der Waals surface area contributed by atoms with Crippen molar-refractivity contribution in [2.24, 2.45) is 0 Å². The lowest BCUT2D eigenvalue weighted by atomic mass is 10.1. The van der Waals surface area contributed by atoms with Crippen LogP contribution in [0.5, 0.6) is 5.75 Å². The fourth-order valence-electron chi connectivity index (χ4n) is 1.63. The number of carbonyl (C=O) groups excluding carboxylic acids is 1. The Hall–Kier alpha value is -2.49. The van der Waals surface area contributed by atoms with Gasteiger partial charge in [0.25, 0.3) is 0 Å². The van der Waals surface area contributed by atoms with Gasteiger partial charge in [0.1, 0.15) is 5.75 Å². The second-order valence-electron chi connectivity index (χ2n) is 4.20. The van der Waals surface area contributed by atoms with Gasteiger partial charge in [-0.3, -0.25) is 5.43 Å². The predicted molar refractivity (Wildman–Crippen MR) is 75.1 cm³/mol. The Bertz CT molecular complexity index is 568. The summed E-state index contributed by atoms with van der Waals surface area (Å²) in [5.41, 5.74) is 8.45. The molecule has 0 spiro atoms. The second-order valence-corrected chi connectivity index (χ2v) is 4.20. The van der Waals surface area contributed by atoms with Gasteiger partial charge >= 0.3 is 6.09 Å². The molecule has 0 atom stereocenters. The Labute approximate surface area is 112 Å². The van der Waals surface area contributed by atoms with Crippen LogP contribution in [0.2, 0.25) is 0 Å². The van der Waals surface area contributed by atoms with Crippen molar-refractivity contribution >= 4 is 11.8 Å². The summed E-state index contributed by atoms with van der Waals surface area (Å²) in [6, 6.07) is 14.7. The zero-order valence-corrected chi connectivity index (χ0v) is 10.9. The van der Waals surface area contributed by atoms with Gasteiger partial charge in [0.05, 0.1) is 5.69 Å². The maximum atomic E-state index is 11.6. The number of hydrogen-bond acceptors (Lipinski definition) is 3. The molecular weight excluding hydrogens is 240 g/mol. The number of aryl methyl sites for hydroxylation is 1. The molecule has 98 valence electrons. The summed E-state index contributed by atoms with van der Waals surface area (Å²) in [6.45, 7) is 4.00. The van der Waals surface area contributed by atoms with E-state index in [4.69, 9.17) is 4.74 Å². The number of benzene rings is 2.